The van der Waals surface area contributed by atoms with Gasteiger partial charge in [-0.05, 0) is 18.2 Å². The Hall–Kier alpha value is -3.47. The lowest BCUT2D eigenvalue weighted by Crippen LogP contribution is -2.43. The first kappa shape index (κ1) is 23.2. The van der Waals surface area contributed by atoms with Crippen molar-refractivity contribution in [2.75, 3.05) is 50.5 Å². The van der Waals surface area contributed by atoms with Gasteiger partial charge in [-0.15, -0.1) is 0 Å². The van der Waals surface area contributed by atoms with Gasteiger partial charge in [-0.3, -0.25) is 14.5 Å². The summed E-state index contributed by atoms with van der Waals surface area (Å²) in [5, 5.41) is 2.69. The van der Waals surface area contributed by atoms with Crippen molar-refractivity contribution in [3.8, 4) is 23.0 Å². The molecule has 0 radical (unpaired) electrons. The van der Waals surface area contributed by atoms with Crippen LogP contribution in [0.1, 0.15) is 6.92 Å². The summed E-state index contributed by atoms with van der Waals surface area (Å²) in [5.41, 5.74) is 0.587. The minimum absolute atomic E-state index is 0.0482. The van der Waals surface area contributed by atoms with Crippen LogP contribution < -0.4 is 29.2 Å². The van der Waals surface area contributed by atoms with Crippen LogP contribution in [0.15, 0.2) is 35.2 Å². The molecule has 0 aliphatic carbocycles. The number of carbonyl (C=O) groups excluding carboxylic acids is 2. The van der Waals surface area contributed by atoms with Crippen LogP contribution in [-0.4, -0.2) is 60.5 Å². The SMILES string of the molecule is CCS(=O)(=O)c1ccc2c(c1)N(CC(=O)Nc1cc(OC)c(OC)c(OC)c1)C(=O)CO2. The van der Waals surface area contributed by atoms with Crippen LogP contribution in [-0.2, 0) is 19.4 Å². The molecule has 0 aromatic heterocycles. The van der Waals surface area contributed by atoms with E-state index in [1.807, 2.05) is 0 Å². The number of nitrogens with zero attached hydrogens (tertiary/aromatic N) is 1. The molecule has 0 atom stereocenters. The number of carbonyl (C=O) groups is 2. The monoisotopic (exact) mass is 464 g/mol. The van der Waals surface area contributed by atoms with Crippen LogP contribution in [0, 0.1) is 0 Å². The van der Waals surface area contributed by atoms with Crippen molar-refractivity contribution in [2.24, 2.45) is 0 Å². The molecule has 0 unspecified atom stereocenters. The van der Waals surface area contributed by atoms with E-state index in [2.05, 4.69) is 5.32 Å². The summed E-state index contributed by atoms with van der Waals surface area (Å²) in [6.45, 7) is 0.921. The Kier molecular flexibility index (Phi) is 6.78. The van der Waals surface area contributed by atoms with Crippen molar-refractivity contribution in [1.82, 2.24) is 0 Å². The molecule has 1 heterocycles. The number of hydrogen-bond acceptors (Lipinski definition) is 8. The molecule has 32 heavy (non-hydrogen) atoms. The van der Waals surface area contributed by atoms with Crippen molar-refractivity contribution < 1.29 is 37.0 Å². The van der Waals surface area contributed by atoms with E-state index < -0.39 is 21.7 Å². The molecule has 172 valence electrons. The van der Waals surface area contributed by atoms with Crippen LogP contribution in [0.3, 0.4) is 0 Å². The summed E-state index contributed by atoms with van der Waals surface area (Å²) in [6, 6.07) is 7.36. The van der Waals surface area contributed by atoms with E-state index in [4.69, 9.17) is 18.9 Å². The molecule has 1 aliphatic heterocycles. The Morgan fingerprint density at radius 1 is 1.09 bits per heavy atom. The molecule has 2 aromatic carbocycles. The lowest BCUT2D eigenvalue weighted by atomic mass is 10.2. The van der Waals surface area contributed by atoms with Crippen LogP contribution >= 0.6 is 0 Å². The van der Waals surface area contributed by atoms with Gasteiger partial charge in [0.1, 0.15) is 12.3 Å². The molecule has 10 nitrogen and oxygen atoms in total. The molecule has 0 saturated carbocycles. The lowest BCUT2D eigenvalue weighted by molar-refractivity contribution is -0.123. The summed E-state index contributed by atoms with van der Waals surface area (Å²) in [5.74, 6) is 0.319. The van der Waals surface area contributed by atoms with Gasteiger partial charge in [0.2, 0.25) is 11.7 Å². The van der Waals surface area contributed by atoms with Gasteiger partial charge in [0, 0.05) is 17.8 Å². The van der Waals surface area contributed by atoms with E-state index >= 15 is 0 Å². The third-order valence-corrected chi connectivity index (χ3v) is 6.60. The number of amides is 2. The quantitative estimate of drug-likeness (QED) is 0.629. The van der Waals surface area contributed by atoms with E-state index in [9.17, 15) is 18.0 Å². The molecule has 0 fully saturated rings. The van der Waals surface area contributed by atoms with Crippen molar-refractivity contribution in [3.05, 3.63) is 30.3 Å². The average molecular weight is 464 g/mol. The highest BCUT2D eigenvalue weighted by atomic mass is 32.2. The Morgan fingerprint density at radius 3 is 2.31 bits per heavy atom. The maximum Gasteiger partial charge on any atom is 0.265 e. The molecule has 0 saturated heterocycles. The third-order valence-electron chi connectivity index (χ3n) is 4.86. The van der Waals surface area contributed by atoms with Gasteiger partial charge in [0.25, 0.3) is 5.91 Å². The number of rotatable bonds is 8. The molecular formula is C21H24N2O8S. The van der Waals surface area contributed by atoms with Crippen molar-refractivity contribution in [2.45, 2.75) is 11.8 Å². The zero-order chi connectivity index (χ0) is 23.5. The van der Waals surface area contributed by atoms with Crippen molar-refractivity contribution in [3.63, 3.8) is 0 Å². The maximum absolute atomic E-state index is 12.8. The first-order chi connectivity index (χ1) is 15.2. The van der Waals surface area contributed by atoms with Gasteiger partial charge < -0.3 is 24.3 Å². The fraction of sp³-hybridized carbons (Fsp3) is 0.333. The Morgan fingerprint density at radius 2 is 1.75 bits per heavy atom. The first-order valence-electron chi connectivity index (χ1n) is 9.63. The fourth-order valence-corrected chi connectivity index (χ4v) is 4.11. The summed E-state index contributed by atoms with van der Waals surface area (Å²) < 4.78 is 45.7. The molecule has 1 N–H and O–H groups in total. The molecule has 2 aromatic rings. The Balaban J connectivity index is 1.87. The van der Waals surface area contributed by atoms with E-state index in [1.165, 1.54) is 51.4 Å². The van der Waals surface area contributed by atoms with E-state index in [0.717, 1.165) is 0 Å². The number of anilines is 2. The number of fused-ring (bicyclic) bond motifs is 1. The zero-order valence-electron chi connectivity index (χ0n) is 18.1. The molecule has 0 bridgehead atoms. The highest BCUT2D eigenvalue weighted by molar-refractivity contribution is 7.91. The van der Waals surface area contributed by atoms with Crippen molar-refractivity contribution in [1.29, 1.82) is 0 Å². The van der Waals surface area contributed by atoms with Crippen LogP contribution in [0.25, 0.3) is 0 Å². The second-order valence-corrected chi connectivity index (χ2v) is 9.04. The molecule has 3 rings (SSSR count). The number of ether oxygens (including phenoxy) is 4. The first-order valence-corrected chi connectivity index (χ1v) is 11.3. The van der Waals surface area contributed by atoms with Crippen LogP contribution in [0.5, 0.6) is 23.0 Å². The number of methoxy groups -OCH3 is 3. The largest absolute Gasteiger partial charge is 0.493 e. The normalized spacial score (nSPS) is 13.1. The van der Waals surface area contributed by atoms with Gasteiger partial charge in [-0.1, -0.05) is 6.92 Å². The second kappa shape index (κ2) is 9.35. The van der Waals surface area contributed by atoms with E-state index in [1.54, 1.807) is 12.1 Å². The third kappa shape index (κ3) is 4.57. The number of nitrogens with one attached hydrogen (secondary N) is 1. The van der Waals surface area contributed by atoms with Gasteiger partial charge in [-0.25, -0.2) is 8.42 Å². The summed E-state index contributed by atoms with van der Waals surface area (Å²) >= 11 is 0. The summed E-state index contributed by atoms with van der Waals surface area (Å²) in [4.78, 5) is 26.5. The van der Waals surface area contributed by atoms with E-state index in [-0.39, 0.29) is 29.5 Å². The average Bonchev–Trinajstić information content (AvgIpc) is 2.79. The van der Waals surface area contributed by atoms with Gasteiger partial charge in [0.15, 0.2) is 27.9 Å². The summed E-state index contributed by atoms with van der Waals surface area (Å²) in [6.07, 6.45) is 0. The van der Waals surface area contributed by atoms with Crippen LogP contribution in [0.2, 0.25) is 0 Å². The van der Waals surface area contributed by atoms with Crippen LogP contribution in [0.4, 0.5) is 11.4 Å². The predicted molar refractivity (Wildman–Crippen MR) is 117 cm³/mol. The zero-order valence-corrected chi connectivity index (χ0v) is 18.9. The smallest absolute Gasteiger partial charge is 0.265 e. The maximum atomic E-state index is 12.8. The standard InChI is InChI=1S/C21H24N2O8S/c1-5-32(26,27)14-6-7-16-15(10-14)23(20(25)12-31-16)11-19(24)22-13-8-17(28-2)21(30-4)18(9-13)29-3/h6-10H,5,11-12H2,1-4H3,(H,22,24). The fourth-order valence-electron chi connectivity index (χ4n) is 3.21. The Bertz CT molecular complexity index is 1120. The topological polar surface area (TPSA) is 120 Å². The predicted octanol–water partition coefficient (Wildman–Crippen LogP) is 1.87. The minimum atomic E-state index is -3.51. The second-order valence-electron chi connectivity index (χ2n) is 6.76. The van der Waals surface area contributed by atoms with Gasteiger partial charge >= 0.3 is 0 Å². The highest BCUT2D eigenvalue weighted by Gasteiger charge is 2.29. The molecule has 2 amide bonds. The Labute approximate surface area is 185 Å². The molecule has 11 heteroatoms. The van der Waals surface area contributed by atoms with Gasteiger partial charge in [0.05, 0.1) is 37.7 Å². The molecule has 1 aliphatic rings. The lowest BCUT2D eigenvalue weighted by Gasteiger charge is -2.29. The van der Waals surface area contributed by atoms with Gasteiger partial charge in [-0.2, -0.15) is 0 Å². The van der Waals surface area contributed by atoms with Crippen molar-refractivity contribution >= 4 is 33.0 Å². The molecular weight excluding hydrogens is 440 g/mol. The number of sulfone groups is 1. The highest BCUT2D eigenvalue weighted by Crippen LogP contribution is 2.40. The number of benzene rings is 2. The minimum Gasteiger partial charge on any atom is -0.493 e. The molecule has 0 spiro atoms. The van der Waals surface area contributed by atoms with E-state index in [0.29, 0.717) is 28.7 Å². The summed E-state index contributed by atoms with van der Waals surface area (Å²) in [7, 11) is 0.865. The number of hydrogen-bond donors (Lipinski definition) is 1.